The Hall–Kier alpha value is -1.62. The molecular formula is C13H19N3O2. The summed E-state index contributed by atoms with van der Waals surface area (Å²) < 4.78 is 5.26. The fourth-order valence-electron chi connectivity index (χ4n) is 1.90. The van der Waals surface area contributed by atoms with Crippen molar-refractivity contribution in [2.75, 3.05) is 38.2 Å². The smallest absolute Gasteiger partial charge is 0.257 e. The molecule has 1 aromatic rings. The van der Waals surface area contributed by atoms with E-state index in [4.69, 9.17) is 4.74 Å². The number of amides is 1. The van der Waals surface area contributed by atoms with Gasteiger partial charge in [0.05, 0.1) is 18.8 Å². The van der Waals surface area contributed by atoms with Crippen molar-refractivity contribution >= 4 is 11.7 Å². The van der Waals surface area contributed by atoms with Gasteiger partial charge in [0.1, 0.15) is 5.82 Å². The lowest BCUT2D eigenvalue weighted by Gasteiger charge is -2.27. The van der Waals surface area contributed by atoms with Gasteiger partial charge in [-0.15, -0.1) is 0 Å². The summed E-state index contributed by atoms with van der Waals surface area (Å²) >= 11 is 0. The van der Waals surface area contributed by atoms with Gasteiger partial charge in [-0.3, -0.25) is 4.79 Å². The molecule has 0 radical (unpaired) electrons. The molecule has 2 heterocycles. The van der Waals surface area contributed by atoms with Gasteiger partial charge in [-0.2, -0.15) is 0 Å². The lowest BCUT2D eigenvalue weighted by atomic mass is 10.2. The molecule has 98 valence electrons. The van der Waals surface area contributed by atoms with Gasteiger partial charge in [0.25, 0.3) is 5.91 Å². The number of pyridine rings is 1. The Morgan fingerprint density at radius 2 is 2.28 bits per heavy atom. The first-order valence-electron chi connectivity index (χ1n) is 6.39. The topological polar surface area (TPSA) is 54.5 Å². The minimum Gasteiger partial charge on any atom is -0.378 e. The number of rotatable bonds is 4. The highest BCUT2D eigenvalue weighted by Gasteiger charge is 2.21. The van der Waals surface area contributed by atoms with E-state index >= 15 is 0 Å². The molecule has 1 fully saturated rings. The van der Waals surface area contributed by atoms with Crippen LogP contribution < -0.4 is 5.32 Å². The number of anilines is 1. The third-order valence-electron chi connectivity index (χ3n) is 2.88. The van der Waals surface area contributed by atoms with Crippen molar-refractivity contribution < 1.29 is 9.53 Å². The van der Waals surface area contributed by atoms with Crippen molar-refractivity contribution in [3.05, 3.63) is 23.9 Å². The largest absolute Gasteiger partial charge is 0.378 e. The number of hydrogen-bond donors (Lipinski definition) is 1. The second kappa shape index (κ2) is 6.35. The van der Waals surface area contributed by atoms with E-state index in [-0.39, 0.29) is 5.91 Å². The molecule has 0 aliphatic carbocycles. The van der Waals surface area contributed by atoms with Crippen LogP contribution in [-0.2, 0) is 4.74 Å². The maximum absolute atomic E-state index is 12.4. The Morgan fingerprint density at radius 3 is 3.00 bits per heavy atom. The molecule has 1 N–H and O–H groups in total. The molecule has 0 bridgehead atoms. The molecule has 1 aliphatic rings. The molecule has 0 saturated carbocycles. The van der Waals surface area contributed by atoms with E-state index in [9.17, 15) is 4.79 Å². The first-order valence-corrected chi connectivity index (χ1v) is 6.39. The third kappa shape index (κ3) is 2.98. The van der Waals surface area contributed by atoms with Crippen molar-refractivity contribution in [2.24, 2.45) is 0 Å². The molecule has 0 atom stereocenters. The summed E-state index contributed by atoms with van der Waals surface area (Å²) in [6, 6.07) is 3.62. The highest BCUT2D eigenvalue weighted by atomic mass is 16.5. The van der Waals surface area contributed by atoms with E-state index in [1.165, 1.54) is 0 Å². The highest BCUT2D eigenvalue weighted by Crippen LogP contribution is 2.15. The van der Waals surface area contributed by atoms with E-state index < -0.39 is 0 Å². The predicted octanol–water partition coefficient (Wildman–Crippen LogP) is 1.38. The van der Waals surface area contributed by atoms with Crippen LogP contribution in [0.4, 0.5) is 5.82 Å². The Morgan fingerprint density at radius 1 is 1.50 bits per heavy atom. The molecule has 1 amide bonds. The summed E-state index contributed by atoms with van der Waals surface area (Å²) in [6.45, 7) is 5.44. The Bertz CT molecular complexity index is 403. The number of carbonyl (C=O) groups is 1. The number of ether oxygens (including phenoxy) is 1. The fraction of sp³-hybridized carbons (Fsp3) is 0.538. The first kappa shape index (κ1) is 12.8. The van der Waals surface area contributed by atoms with E-state index in [0.29, 0.717) is 37.7 Å². The first-order chi connectivity index (χ1) is 8.83. The summed E-state index contributed by atoms with van der Waals surface area (Å²) in [6.07, 6.45) is 2.70. The molecule has 1 saturated heterocycles. The molecular weight excluding hydrogens is 230 g/mol. The molecule has 18 heavy (non-hydrogen) atoms. The number of aromatic nitrogens is 1. The summed E-state index contributed by atoms with van der Waals surface area (Å²) in [7, 11) is 0. The molecule has 1 aromatic heterocycles. The number of carbonyl (C=O) groups excluding carboxylic acids is 1. The summed E-state index contributed by atoms with van der Waals surface area (Å²) in [5.74, 6) is 0.709. The summed E-state index contributed by atoms with van der Waals surface area (Å²) in [4.78, 5) is 18.4. The van der Waals surface area contributed by atoms with Crippen LogP contribution in [0.1, 0.15) is 23.7 Å². The Kier molecular flexibility index (Phi) is 4.52. The lowest BCUT2D eigenvalue weighted by Crippen LogP contribution is -2.41. The minimum absolute atomic E-state index is 0.0324. The highest BCUT2D eigenvalue weighted by molar-refractivity contribution is 5.98. The maximum Gasteiger partial charge on any atom is 0.257 e. The molecule has 0 aromatic carbocycles. The summed E-state index contributed by atoms with van der Waals surface area (Å²) in [5.41, 5.74) is 0.646. The normalized spacial score (nSPS) is 15.5. The SMILES string of the molecule is CCCNc1ncccc1C(=O)N1CCOCC1. The van der Waals surface area contributed by atoms with Crippen molar-refractivity contribution in [3.8, 4) is 0 Å². The van der Waals surface area contributed by atoms with Gasteiger partial charge in [-0.1, -0.05) is 6.92 Å². The van der Waals surface area contributed by atoms with Crippen LogP contribution in [-0.4, -0.2) is 48.6 Å². The van der Waals surface area contributed by atoms with Crippen LogP contribution in [0.3, 0.4) is 0 Å². The van der Waals surface area contributed by atoms with Crippen molar-refractivity contribution in [2.45, 2.75) is 13.3 Å². The molecule has 0 unspecified atom stereocenters. The van der Waals surface area contributed by atoms with Crippen LogP contribution >= 0.6 is 0 Å². The van der Waals surface area contributed by atoms with Gasteiger partial charge in [0.15, 0.2) is 0 Å². The average Bonchev–Trinajstić information content (AvgIpc) is 2.45. The van der Waals surface area contributed by atoms with E-state index in [2.05, 4.69) is 17.2 Å². The fourth-order valence-corrected chi connectivity index (χ4v) is 1.90. The monoisotopic (exact) mass is 249 g/mol. The van der Waals surface area contributed by atoms with Gasteiger partial charge in [0.2, 0.25) is 0 Å². The molecule has 2 rings (SSSR count). The van der Waals surface area contributed by atoms with E-state index in [1.54, 1.807) is 12.3 Å². The van der Waals surface area contributed by atoms with Crippen LogP contribution in [0, 0.1) is 0 Å². The van der Waals surface area contributed by atoms with Gasteiger partial charge >= 0.3 is 0 Å². The standard InChI is InChI=1S/C13H19N3O2/c1-2-5-14-12-11(4-3-6-15-12)13(17)16-7-9-18-10-8-16/h3-4,6H,2,5,7-10H2,1H3,(H,14,15). The molecule has 5 nitrogen and oxygen atoms in total. The zero-order valence-electron chi connectivity index (χ0n) is 10.7. The number of morpholine rings is 1. The Labute approximate surface area is 107 Å². The average molecular weight is 249 g/mol. The van der Waals surface area contributed by atoms with E-state index in [1.807, 2.05) is 11.0 Å². The van der Waals surface area contributed by atoms with Gasteiger partial charge in [0, 0.05) is 25.8 Å². The van der Waals surface area contributed by atoms with Gasteiger partial charge in [-0.05, 0) is 18.6 Å². The molecule has 5 heteroatoms. The second-order valence-corrected chi connectivity index (χ2v) is 4.23. The molecule has 0 spiro atoms. The zero-order chi connectivity index (χ0) is 12.8. The summed E-state index contributed by atoms with van der Waals surface area (Å²) in [5, 5.41) is 3.19. The number of nitrogens with zero attached hydrogens (tertiary/aromatic N) is 2. The maximum atomic E-state index is 12.4. The van der Waals surface area contributed by atoms with Gasteiger partial charge in [-0.25, -0.2) is 4.98 Å². The van der Waals surface area contributed by atoms with E-state index in [0.717, 1.165) is 13.0 Å². The minimum atomic E-state index is 0.0324. The van der Waals surface area contributed by atoms with Crippen molar-refractivity contribution in [3.63, 3.8) is 0 Å². The lowest BCUT2D eigenvalue weighted by molar-refractivity contribution is 0.0303. The van der Waals surface area contributed by atoms with Crippen LogP contribution in [0.5, 0.6) is 0 Å². The van der Waals surface area contributed by atoms with Crippen molar-refractivity contribution in [1.29, 1.82) is 0 Å². The number of nitrogens with one attached hydrogen (secondary N) is 1. The second-order valence-electron chi connectivity index (χ2n) is 4.23. The number of hydrogen-bond acceptors (Lipinski definition) is 4. The van der Waals surface area contributed by atoms with Crippen molar-refractivity contribution in [1.82, 2.24) is 9.88 Å². The zero-order valence-corrected chi connectivity index (χ0v) is 10.7. The van der Waals surface area contributed by atoms with Crippen LogP contribution in [0.15, 0.2) is 18.3 Å². The quantitative estimate of drug-likeness (QED) is 0.875. The van der Waals surface area contributed by atoms with Crippen LogP contribution in [0.25, 0.3) is 0 Å². The Balaban J connectivity index is 2.12. The third-order valence-corrected chi connectivity index (χ3v) is 2.88. The molecule has 1 aliphatic heterocycles. The van der Waals surface area contributed by atoms with Gasteiger partial charge < -0.3 is 15.0 Å². The predicted molar refractivity (Wildman–Crippen MR) is 69.7 cm³/mol. The van der Waals surface area contributed by atoms with Crippen LogP contribution in [0.2, 0.25) is 0 Å².